The topological polar surface area (TPSA) is 166 Å². The molecule has 1 saturated heterocycles. The molecule has 1 amide bonds. The summed E-state index contributed by atoms with van der Waals surface area (Å²) in [6, 6.07) is 11.2. The van der Waals surface area contributed by atoms with Crippen LogP contribution in [0.3, 0.4) is 0 Å². The maximum absolute atomic E-state index is 12.8. The van der Waals surface area contributed by atoms with Crippen molar-refractivity contribution in [3.8, 4) is 5.75 Å². The van der Waals surface area contributed by atoms with E-state index in [9.17, 15) is 13.2 Å². The number of nitrogens with zero attached hydrogens (tertiary/aromatic N) is 2. The van der Waals surface area contributed by atoms with Crippen LogP contribution in [0.1, 0.15) is 25.7 Å². The Morgan fingerprint density at radius 3 is 2.53 bits per heavy atom. The number of guanidine groups is 1. The highest BCUT2D eigenvalue weighted by Gasteiger charge is 2.30. The fourth-order valence-electron chi connectivity index (χ4n) is 4.22. The number of piperidine rings is 1. The minimum Gasteiger partial charge on any atom is -0.385 e. The third-order valence-corrected chi connectivity index (χ3v) is 7.80. The number of amides is 1. The predicted octanol–water partition coefficient (Wildman–Crippen LogP) is 2.70. The number of likely N-dealkylation sites (tertiary alicyclic amines) is 1. The molecule has 2 aromatic carbocycles. The molecule has 12 heteroatoms. The van der Waals surface area contributed by atoms with Crippen LogP contribution in [0.15, 0.2) is 47.4 Å². The lowest BCUT2D eigenvalue weighted by atomic mass is 9.97. The number of hydrogen-bond donors (Lipinski definition) is 5. The number of hydrogen-bond acceptors (Lipinski definition) is 7. The van der Waals surface area contributed by atoms with Crippen LogP contribution in [0.5, 0.6) is 5.75 Å². The summed E-state index contributed by atoms with van der Waals surface area (Å²) in [6.45, 7) is 2.32. The molecule has 3 aromatic rings. The van der Waals surface area contributed by atoms with Gasteiger partial charge >= 0.3 is 10.1 Å². The molecule has 190 valence electrons. The average Bonchev–Trinajstić information content (AvgIpc) is 3.64. The number of nitrogens with two attached hydrogens (primary N) is 1. The third-order valence-electron chi connectivity index (χ3n) is 6.54. The normalized spacial score (nSPS) is 16.6. The average molecular weight is 512 g/mol. The zero-order chi connectivity index (χ0) is 25.3. The number of carbonyl (C=O) groups is 1. The largest absolute Gasteiger partial charge is 0.385 e. The highest BCUT2D eigenvalue weighted by molar-refractivity contribution is 7.87. The Balaban J connectivity index is 1.18. The SMILES string of the molecule is N=C(N)N1CCC(CNc2ccc(S(=O)(=O)Oc3ccc4nc(NC(=O)C5CC5)[nH]c4c3)cc2)CC1. The van der Waals surface area contributed by atoms with E-state index in [2.05, 4.69) is 20.6 Å². The Labute approximate surface area is 209 Å². The minimum atomic E-state index is -4.03. The van der Waals surface area contributed by atoms with E-state index in [1.807, 2.05) is 4.90 Å². The quantitative estimate of drug-likeness (QED) is 0.175. The van der Waals surface area contributed by atoms with Crippen LogP contribution >= 0.6 is 0 Å². The highest BCUT2D eigenvalue weighted by atomic mass is 32.2. The van der Waals surface area contributed by atoms with Gasteiger partial charge in [0, 0.05) is 37.3 Å². The summed E-state index contributed by atoms with van der Waals surface area (Å²) in [4.78, 5) is 21.2. The fourth-order valence-corrected chi connectivity index (χ4v) is 5.14. The second-order valence-electron chi connectivity index (χ2n) is 9.29. The van der Waals surface area contributed by atoms with E-state index in [4.69, 9.17) is 15.3 Å². The van der Waals surface area contributed by atoms with Crippen LogP contribution in [-0.4, -0.2) is 54.8 Å². The number of nitrogens with one attached hydrogen (secondary N) is 4. The number of anilines is 2. The molecule has 5 rings (SSSR count). The second kappa shape index (κ2) is 9.69. The lowest BCUT2D eigenvalue weighted by Crippen LogP contribution is -2.43. The number of aromatic nitrogens is 2. The van der Waals surface area contributed by atoms with Crippen molar-refractivity contribution in [2.24, 2.45) is 17.6 Å². The van der Waals surface area contributed by atoms with Gasteiger partial charge in [-0.15, -0.1) is 0 Å². The first-order valence-electron chi connectivity index (χ1n) is 11.9. The molecule has 1 aliphatic carbocycles. The molecule has 0 radical (unpaired) electrons. The maximum atomic E-state index is 12.8. The van der Waals surface area contributed by atoms with Gasteiger partial charge in [-0.3, -0.25) is 15.5 Å². The molecule has 6 N–H and O–H groups in total. The molecular formula is C24H29N7O4S. The molecule has 2 fully saturated rings. The Morgan fingerprint density at radius 2 is 1.86 bits per heavy atom. The molecule has 0 spiro atoms. The fraction of sp³-hybridized carbons (Fsp3) is 0.375. The monoisotopic (exact) mass is 511 g/mol. The highest BCUT2D eigenvalue weighted by Crippen LogP contribution is 2.30. The number of aromatic amines is 1. The molecule has 0 unspecified atom stereocenters. The summed E-state index contributed by atoms with van der Waals surface area (Å²) in [5.41, 5.74) is 7.51. The van der Waals surface area contributed by atoms with Gasteiger partial charge in [0.05, 0.1) is 11.0 Å². The molecule has 1 saturated carbocycles. The van der Waals surface area contributed by atoms with Crippen molar-refractivity contribution in [1.82, 2.24) is 14.9 Å². The molecule has 11 nitrogen and oxygen atoms in total. The number of fused-ring (bicyclic) bond motifs is 1. The molecule has 0 atom stereocenters. The van der Waals surface area contributed by atoms with Gasteiger partial charge in [-0.05, 0) is 68.0 Å². The zero-order valence-corrected chi connectivity index (χ0v) is 20.5. The standard InChI is InChI=1S/C24H29N7O4S/c25-23(26)31-11-9-15(10-12-31)14-27-17-3-6-19(7-4-17)36(33,34)35-18-5-8-20-21(13-18)29-24(28-20)30-22(32)16-1-2-16/h3-8,13,15-16,27H,1-2,9-12,14H2,(H3,25,26)(H2,28,29,30,32). The number of benzene rings is 2. The van der Waals surface area contributed by atoms with Gasteiger partial charge in [0.1, 0.15) is 10.6 Å². The van der Waals surface area contributed by atoms with Crippen molar-refractivity contribution < 1.29 is 17.4 Å². The van der Waals surface area contributed by atoms with Crippen molar-refractivity contribution in [2.45, 2.75) is 30.6 Å². The van der Waals surface area contributed by atoms with Crippen LogP contribution in [-0.2, 0) is 14.9 Å². The first-order valence-corrected chi connectivity index (χ1v) is 13.4. The molecule has 0 bridgehead atoms. The van der Waals surface area contributed by atoms with Gasteiger partial charge < -0.3 is 25.1 Å². The van der Waals surface area contributed by atoms with Crippen LogP contribution in [0.25, 0.3) is 11.0 Å². The van der Waals surface area contributed by atoms with Gasteiger partial charge in [-0.25, -0.2) is 4.98 Å². The number of carbonyl (C=O) groups excluding carboxylic acids is 1. The van der Waals surface area contributed by atoms with E-state index in [1.165, 1.54) is 18.2 Å². The van der Waals surface area contributed by atoms with Gasteiger partial charge in [-0.2, -0.15) is 8.42 Å². The second-order valence-corrected chi connectivity index (χ2v) is 10.8. The van der Waals surface area contributed by atoms with E-state index in [0.29, 0.717) is 22.9 Å². The van der Waals surface area contributed by atoms with Gasteiger partial charge in [0.15, 0.2) is 5.96 Å². The lowest BCUT2D eigenvalue weighted by Gasteiger charge is -2.32. The lowest BCUT2D eigenvalue weighted by molar-refractivity contribution is -0.117. The molecule has 2 heterocycles. The van der Waals surface area contributed by atoms with Crippen LogP contribution in [0, 0.1) is 17.2 Å². The third kappa shape index (κ3) is 5.54. The van der Waals surface area contributed by atoms with Crippen molar-refractivity contribution in [3.63, 3.8) is 0 Å². The van der Waals surface area contributed by atoms with Crippen molar-refractivity contribution in [3.05, 3.63) is 42.5 Å². The predicted molar refractivity (Wildman–Crippen MR) is 136 cm³/mol. The molecule has 36 heavy (non-hydrogen) atoms. The van der Waals surface area contributed by atoms with Crippen molar-refractivity contribution in [1.29, 1.82) is 5.41 Å². The summed E-state index contributed by atoms with van der Waals surface area (Å²) in [7, 11) is -4.03. The van der Waals surface area contributed by atoms with E-state index >= 15 is 0 Å². The first kappa shape index (κ1) is 23.9. The summed E-state index contributed by atoms with van der Waals surface area (Å²) in [5.74, 6) is 1.04. The van der Waals surface area contributed by atoms with Crippen molar-refractivity contribution >= 4 is 44.7 Å². The molecule has 1 aliphatic heterocycles. The van der Waals surface area contributed by atoms with Gasteiger partial charge in [-0.1, -0.05) is 0 Å². The minimum absolute atomic E-state index is 0.0462. The van der Waals surface area contributed by atoms with Crippen LogP contribution < -0.4 is 20.6 Å². The summed E-state index contributed by atoms with van der Waals surface area (Å²) < 4.78 is 31.0. The van der Waals surface area contributed by atoms with Crippen LogP contribution in [0.4, 0.5) is 11.6 Å². The van der Waals surface area contributed by atoms with Crippen molar-refractivity contribution in [2.75, 3.05) is 30.3 Å². The molecule has 2 aliphatic rings. The smallest absolute Gasteiger partial charge is 0.339 e. The Morgan fingerprint density at radius 1 is 1.14 bits per heavy atom. The van der Waals surface area contributed by atoms with E-state index in [1.54, 1.807) is 24.3 Å². The number of imidazole rings is 1. The first-order chi connectivity index (χ1) is 17.3. The maximum Gasteiger partial charge on any atom is 0.339 e. The molecule has 1 aromatic heterocycles. The van der Waals surface area contributed by atoms with Crippen LogP contribution in [0.2, 0.25) is 0 Å². The number of H-pyrrole nitrogens is 1. The van der Waals surface area contributed by atoms with Gasteiger partial charge in [0.25, 0.3) is 0 Å². The van der Waals surface area contributed by atoms with Gasteiger partial charge in [0.2, 0.25) is 11.9 Å². The Bertz CT molecular complexity index is 1380. The summed E-state index contributed by atoms with van der Waals surface area (Å²) in [5, 5.41) is 13.6. The summed E-state index contributed by atoms with van der Waals surface area (Å²) in [6.07, 6.45) is 3.67. The zero-order valence-electron chi connectivity index (χ0n) is 19.7. The Kier molecular flexibility index (Phi) is 6.44. The Hall–Kier alpha value is -3.80. The van der Waals surface area contributed by atoms with E-state index in [0.717, 1.165) is 51.0 Å². The molecular weight excluding hydrogens is 482 g/mol. The summed E-state index contributed by atoms with van der Waals surface area (Å²) >= 11 is 0. The van der Waals surface area contributed by atoms with E-state index in [-0.39, 0.29) is 28.4 Å². The van der Waals surface area contributed by atoms with E-state index < -0.39 is 10.1 Å². The number of rotatable bonds is 8.